The lowest BCUT2D eigenvalue weighted by Gasteiger charge is -2.22. The van der Waals surface area contributed by atoms with Gasteiger partial charge in [-0.2, -0.15) is 13.9 Å². The van der Waals surface area contributed by atoms with Crippen LogP contribution in [0.2, 0.25) is 5.02 Å². The van der Waals surface area contributed by atoms with Gasteiger partial charge in [0, 0.05) is 59.8 Å². The molecule has 1 saturated carbocycles. The van der Waals surface area contributed by atoms with Crippen LogP contribution >= 0.6 is 11.6 Å². The maximum atomic E-state index is 14.0. The summed E-state index contributed by atoms with van der Waals surface area (Å²) in [6.45, 7) is 3.51. The van der Waals surface area contributed by atoms with Crippen molar-refractivity contribution in [2.45, 2.75) is 51.1 Å². The lowest BCUT2D eigenvalue weighted by molar-refractivity contribution is -0.110. The van der Waals surface area contributed by atoms with Gasteiger partial charge in [0.2, 0.25) is 6.41 Å². The number of aromatic amines is 1. The first-order valence-corrected chi connectivity index (χ1v) is 19.1. The zero-order chi connectivity index (χ0) is 40.1. The molecule has 2 aliphatic rings. The van der Waals surface area contributed by atoms with Crippen molar-refractivity contribution in [1.82, 2.24) is 25.1 Å². The summed E-state index contributed by atoms with van der Waals surface area (Å²) in [6.07, 6.45) is 0.321. The van der Waals surface area contributed by atoms with Gasteiger partial charge in [-0.3, -0.25) is 9.48 Å². The number of aryl methyl sites for hydroxylation is 1. The second kappa shape index (κ2) is 14.9. The summed E-state index contributed by atoms with van der Waals surface area (Å²) in [7, 11) is -2.23. The minimum Gasteiger partial charge on any atom is -0.387 e. The van der Waals surface area contributed by atoms with Crippen molar-refractivity contribution in [3.63, 3.8) is 0 Å². The first-order chi connectivity index (χ1) is 25.9. The van der Waals surface area contributed by atoms with E-state index < -0.39 is 57.6 Å². The molecular weight excluding hydrogens is 774 g/mol. The van der Waals surface area contributed by atoms with Crippen molar-refractivity contribution < 1.29 is 39.6 Å². The predicted octanol–water partition coefficient (Wildman–Crippen LogP) is 7.19. The van der Waals surface area contributed by atoms with E-state index in [2.05, 4.69) is 25.1 Å². The monoisotopic (exact) mass is 808 g/mol. The molecule has 1 amide bonds. The second-order valence-corrected chi connectivity index (χ2v) is 15.3. The summed E-state index contributed by atoms with van der Waals surface area (Å²) in [5.41, 5.74) is 8.21. The Hall–Kier alpha value is -5.10. The molecular formula is C36H35ClF6N8O3S. The number of carbonyl (C=O) groups excluding carboxylic acids is 1. The Balaban J connectivity index is 0.000000250. The van der Waals surface area contributed by atoms with Crippen LogP contribution in [0.5, 0.6) is 0 Å². The fourth-order valence-electron chi connectivity index (χ4n) is 7.48. The Labute approximate surface area is 316 Å². The SMILES string of the molecule is CCn1nc(C(F)F)c2c1C(F)(F)C1C(C)C21.CNc1c(-c2cc3cc[nH]c3nc2C(Cc2cc(F)cc(F)c2)NC=O)ccc(Cl)c1/C(N)=N/S(C)(=O)=O. The topological polar surface area (TPSA) is 160 Å². The van der Waals surface area contributed by atoms with Crippen molar-refractivity contribution in [2.24, 2.45) is 22.0 Å². The fraction of sp³-hybridized carbons (Fsp3) is 0.333. The van der Waals surface area contributed by atoms with E-state index in [-0.39, 0.29) is 46.6 Å². The fourth-order valence-corrected chi connectivity index (χ4v) is 8.18. The molecule has 3 aromatic heterocycles. The third-order valence-corrected chi connectivity index (χ3v) is 10.6. The number of nitrogens with two attached hydrogens (primary N) is 1. The molecule has 1 fully saturated rings. The van der Waals surface area contributed by atoms with Crippen molar-refractivity contribution in [3.05, 3.63) is 99.1 Å². The van der Waals surface area contributed by atoms with Crippen molar-refractivity contribution in [3.8, 4) is 11.1 Å². The van der Waals surface area contributed by atoms with Crippen LogP contribution in [0.25, 0.3) is 22.2 Å². The summed E-state index contributed by atoms with van der Waals surface area (Å²) in [6, 6.07) is 9.15. The third-order valence-electron chi connectivity index (χ3n) is 9.71. The summed E-state index contributed by atoms with van der Waals surface area (Å²) < 4.78 is 110. The van der Waals surface area contributed by atoms with Crippen LogP contribution in [0.1, 0.15) is 66.0 Å². The van der Waals surface area contributed by atoms with E-state index in [0.717, 1.165) is 22.4 Å². The molecule has 4 atom stereocenters. The number of aromatic nitrogens is 4. The zero-order valence-corrected chi connectivity index (χ0v) is 31.2. The molecule has 0 aliphatic heterocycles. The number of benzene rings is 2. The Morgan fingerprint density at radius 2 is 1.82 bits per heavy atom. The number of halogens is 7. The predicted molar refractivity (Wildman–Crippen MR) is 196 cm³/mol. The molecule has 19 heteroatoms. The first-order valence-electron chi connectivity index (χ1n) is 16.9. The molecule has 5 aromatic rings. The van der Waals surface area contributed by atoms with Crippen LogP contribution in [-0.4, -0.2) is 53.7 Å². The summed E-state index contributed by atoms with van der Waals surface area (Å²) in [4.78, 5) is 19.3. The molecule has 2 aliphatic carbocycles. The number of sulfonamides is 1. The van der Waals surface area contributed by atoms with Gasteiger partial charge in [0.25, 0.3) is 22.4 Å². The highest BCUT2D eigenvalue weighted by atomic mass is 35.5. The highest BCUT2D eigenvalue weighted by molar-refractivity contribution is 7.89. The van der Waals surface area contributed by atoms with Gasteiger partial charge in [-0.1, -0.05) is 24.6 Å². The summed E-state index contributed by atoms with van der Waals surface area (Å²) in [5, 5.41) is 10.2. The number of alkyl halides is 4. The number of hydrogen-bond acceptors (Lipinski definition) is 6. The lowest BCUT2D eigenvalue weighted by atomic mass is 9.92. The number of amides is 1. The molecule has 3 heterocycles. The average Bonchev–Trinajstić information content (AvgIpc) is 3.39. The minimum atomic E-state index is -3.83. The lowest BCUT2D eigenvalue weighted by Crippen LogP contribution is -2.24. The smallest absolute Gasteiger partial charge is 0.293 e. The number of amidine groups is 1. The molecule has 7 rings (SSSR count). The number of nitrogens with zero attached hydrogens (tertiary/aromatic N) is 4. The standard InChI is InChI=1S/C25H23ClF2N6O3S.C11H12F4N2/c1-30-23-17(3-4-19(26)21(23)24(29)34-38(2,36)37)18-10-14-5-6-31-25(14)33-22(18)20(32-12-35)9-13-7-15(27)11-16(28)8-13;1-3-17-9-6(8(16-17)10(12)13)5-4(2)7(5)11(9,14)15/h3-8,10-12,20,30H,9H2,1-2H3,(H2,29,34)(H,31,33)(H,32,35);4-5,7,10H,3H2,1-2H3. The molecule has 5 N–H and O–H groups in total. The number of nitrogens with one attached hydrogen (secondary N) is 3. The van der Waals surface area contributed by atoms with Gasteiger partial charge < -0.3 is 21.4 Å². The zero-order valence-electron chi connectivity index (χ0n) is 29.6. The number of fused-ring (bicyclic) bond motifs is 4. The van der Waals surface area contributed by atoms with E-state index in [0.29, 0.717) is 40.1 Å². The molecule has 2 aromatic carbocycles. The van der Waals surface area contributed by atoms with Crippen LogP contribution < -0.4 is 16.4 Å². The highest BCUT2D eigenvalue weighted by Gasteiger charge is 2.71. The normalized spacial score (nSPS) is 19.1. The van der Waals surface area contributed by atoms with Gasteiger partial charge in [-0.05, 0) is 55.2 Å². The van der Waals surface area contributed by atoms with Crippen LogP contribution in [-0.2, 0) is 33.7 Å². The molecule has 55 heavy (non-hydrogen) atoms. The molecule has 4 unspecified atom stereocenters. The Morgan fingerprint density at radius 1 is 1.13 bits per heavy atom. The molecule has 292 valence electrons. The first kappa shape index (κ1) is 39.6. The number of hydrogen-bond donors (Lipinski definition) is 4. The molecule has 0 saturated heterocycles. The highest BCUT2D eigenvalue weighted by Crippen LogP contribution is 2.71. The number of pyridine rings is 1. The Kier molecular flexibility index (Phi) is 10.7. The Morgan fingerprint density at radius 3 is 2.42 bits per heavy atom. The van der Waals surface area contributed by atoms with Gasteiger partial charge in [0.15, 0.2) is 0 Å². The molecule has 0 bridgehead atoms. The number of rotatable bonds is 11. The van der Waals surface area contributed by atoms with Gasteiger partial charge in [-0.15, -0.1) is 4.40 Å². The summed E-state index contributed by atoms with van der Waals surface area (Å²) >= 11 is 6.41. The van der Waals surface area contributed by atoms with Crippen LogP contribution in [0, 0.1) is 23.5 Å². The van der Waals surface area contributed by atoms with Crippen molar-refractivity contribution in [1.29, 1.82) is 0 Å². The van der Waals surface area contributed by atoms with E-state index in [1.807, 2.05) is 6.07 Å². The second-order valence-electron chi connectivity index (χ2n) is 13.3. The maximum absolute atomic E-state index is 14.0. The van der Waals surface area contributed by atoms with E-state index in [4.69, 9.17) is 22.3 Å². The molecule has 0 radical (unpaired) electrons. The van der Waals surface area contributed by atoms with Gasteiger partial charge in [-0.25, -0.2) is 31.0 Å². The van der Waals surface area contributed by atoms with Gasteiger partial charge in [0.05, 0.1) is 34.3 Å². The van der Waals surface area contributed by atoms with Gasteiger partial charge >= 0.3 is 0 Å². The van der Waals surface area contributed by atoms with E-state index in [1.165, 1.54) is 18.2 Å². The number of carbonyl (C=O) groups is 1. The number of anilines is 1. The van der Waals surface area contributed by atoms with E-state index >= 15 is 0 Å². The van der Waals surface area contributed by atoms with Crippen LogP contribution in [0.4, 0.5) is 32.0 Å². The number of H-pyrrole nitrogens is 1. The van der Waals surface area contributed by atoms with E-state index in [9.17, 15) is 39.6 Å². The van der Waals surface area contributed by atoms with Crippen molar-refractivity contribution in [2.75, 3.05) is 18.6 Å². The Bertz CT molecular complexity index is 2420. The molecule has 0 spiro atoms. The maximum Gasteiger partial charge on any atom is 0.293 e. The third kappa shape index (κ3) is 7.48. The molecule has 11 nitrogen and oxygen atoms in total. The quantitative estimate of drug-likeness (QED) is 0.0476. The van der Waals surface area contributed by atoms with Gasteiger partial charge in [0.1, 0.15) is 34.5 Å². The van der Waals surface area contributed by atoms with E-state index in [1.54, 1.807) is 39.2 Å². The van der Waals surface area contributed by atoms with Crippen molar-refractivity contribution >= 4 is 50.6 Å². The minimum absolute atomic E-state index is 0.0205. The average molecular weight is 809 g/mol. The summed E-state index contributed by atoms with van der Waals surface area (Å²) in [5.74, 6) is -6.27. The van der Waals surface area contributed by atoms with Crippen LogP contribution in [0.3, 0.4) is 0 Å². The largest absolute Gasteiger partial charge is 0.387 e. The van der Waals surface area contributed by atoms with Crippen LogP contribution in [0.15, 0.2) is 53.1 Å².